The summed E-state index contributed by atoms with van der Waals surface area (Å²) in [5.41, 5.74) is 4.54. The molecule has 6 rings (SSSR count). The van der Waals surface area contributed by atoms with E-state index < -0.39 is 21.9 Å². The van der Waals surface area contributed by atoms with Crippen LogP contribution in [0.15, 0.2) is 40.9 Å². The Hall–Kier alpha value is -3.77. The summed E-state index contributed by atoms with van der Waals surface area (Å²) in [7, 11) is -1.98. The van der Waals surface area contributed by atoms with Crippen LogP contribution in [0.3, 0.4) is 0 Å². The molecular formula is C28H30FN5O5S. The lowest BCUT2D eigenvalue weighted by Gasteiger charge is -2.27. The molecule has 12 heteroatoms. The normalized spacial score (nSPS) is 20.2. The minimum Gasteiger partial charge on any atom is -0.494 e. The molecule has 4 heterocycles. The molecule has 0 aliphatic carbocycles. The standard InChI is InChI=1S/C28H30FN5O5S/c1-16-27(17(2)39-31-16)18-5-7-23-22(13-18)30-28(34(23)20-11-12-32(15-20)40(4,36)37)24-8-10-26(35)33(24)19-6-9-25(38-3)21(29)14-19/h5-7,9,13-14,20,24H,8,10-12,15H2,1-4H3. The van der Waals surface area contributed by atoms with E-state index in [2.05, 4.69) is 9.72 Å². The fourth-order valence-electron chi connectivity index (χ4n) is 6.07. The van der Waals surface area contributed by atoms with Gasteiger partial charge in [-0.05, 0) is 56.5 Å². The van der Waals surface area contributed by atoms with E-state index in [0.29, 0.717) is 48.7 Å². The van der Waals surface area contributed by atoms with Gasteiger partial charge >= 0.3 is 0 Å². The lowest BCUT2D eigenvalue weighted by atomic mass is 10.0. The molecule has 0 N–H and O–H groups in total. The number of aryl methyl sites for hydroxylation is 2. The van der Waals surface area contributed by atoms with Crippen molar-refractivity contribution in [2.75, 3.05) is 31.4 Å². The Morgan fingerprint density at radius 1 is 1.12 bits per heavy atom. The van der Waals surface area contributed by atoms with Crippen LogP contribution in [0.1, 0.15) is 48.6 Å². The number of ether oxygens (including phenoxy) is 1. The lowest BCUT2D eigenvalue weighted by Crippen LogP contribution is -2.31. The van der Waals surface area contributed by atoms with Crippen LogP contribution in [0.5, 0.6) is 5.75 Å². The molecule has 2 saturated heterocycles. The highest BCUT2D eigenvalue weighted by Gasteiger charge is 2.40. The first-order chi connectivity index (χ1) is 19.1. The molecule has 1 amide bonds. The molecule has 2 aliphatic heterocycles. The molecule has 2 aromatic carbocycles. The summed E-state index contributed by atoms with van der Waals surface area (Å²) in [5, 5.41) is 4.08. The average Bonchev–Trinajstić information content (AvgIpc) is 3.68. The smallest absolute Gasteiger partial charge is 0.227 e. The molecule has 4 aromatic rings. The number of nitrogens with zero attached hydrogens (tertiary/aromatic N) is 5. The Bertz CT molecular complexity index is 1730. The number of aromatic nitrogens is 3. The number of halogens is 1. The maximum absolute atomic E-state index is 14.7. The fraction of sp³-hybridized carbons (Fsp3) is 0.393. The highest BCUT2D eigenvalue weighted by Crippen LogP contribution is 2.42. The number of rotatable bonds is 6. The van der Waals surface area contributed by atoms with Crippen molar-refractivity contribution in [2.24, 2.45) is 0 Å². The number of carbonyl (C=O) groups excluding carboxylic acids is 1. The molecule has 210 valence electrons. The van der Waals surface area contributed by atoms with Gasteiger partial charge in [0.25, 0.3) is 0 Å². The van der Waals surface area contributed by atoms with Crippen molar-refractivity contribution in [2.45, 2.75) is 45.2 Å². The molecule has 0 saturated carbocycles. The highest BCUT2D eigenvalue weighted by atomic mass is 32.2. The van der Waals surface area contributed by atoms with E-state index in [0.717, 1.165) is 22.3 Å². The number of amides is 1. The average molecular weight is 568 g/mol. The number of hydrogen-bond acceptors (Lipinski definition) is 7. The molecule has 2 unspecified atom stereocenters. The van der Waals surface area contributed by atoms with Crippen molar-refractivity contribution in [3.05, 3.63) is 59.5 Å². The van der Waals surface area contributed by atoms with Crippen LogP contribution < -0.4 is 9.64 Å². The zero-order valence-corrected chi connectivity index (χ0v) is 23.5. The molecular weight excluding hydrogens is 537 g/mol. The Morgan fingerprint density at radius 3 is 2.58 bits per heavy atom. The Balaban J connectivity index is 1.50. The summed E-state index contributed by atoms with van der Waals surface area (Å²) in [4.78, 5) is 19.8. The second-order valence-electron chi connectivity index (χ2n) is 10.4. The number of benzene rings is 2. The van der Waals surface area contributed by atoms with Gasteiger partial charge in [-0.25, -0.2) is 22.1 Å². The number of carbonyl (C=O) groups is 1. The third kappa shape index (κ3) is 4.35. The number of methoxy groups -OCH3 is 1. The van der Waals surface area contributed by atoms with E-state index in [1.54, 1.807) is 11.0 Å². The lowest BCUT2D eigenvalue weighted by molar-refractivity contribution is -0.117. The van der Waals surface area contributed by atoms with Crippen LogP contribution in [-0.2, 0) is 14.8 Å². The van der Waals surface area contributed by atoms with Crippen LogP contribution in [0.25, 0.3) is 22.2 Å². The molecule has 0 spiro atoms. The van der Waals surface area contributed by atoms with Gasteiger partial charge in [-0.2, -0.15) is 0 Å². The summed E-state index contributed by atoms with van der Waals surface area (Å²) in [6, 6.07) is 9.78. The summed E-state index contributed by atoms with van der Waals surface area (Å²) < 4.78 is 53.4. The fourth-order valence-corrected chi connectivity index (χ4v) is 6.95. The molecule has 2 aliphatic rings. The molecule has 2 atom stereocenters. The first-order valence-corrected chi connectivity index (χ1v) is 15.0. The molecule has 0 radical (unpaired) electrons. The van der Waals surface area contributed by atoms with Crippen LogP contribution >= 0.6 is 0 Å². The maximum Gasteiger partial charge on any atom is 0.227 e. The van der Waals surface area contributed by atoms with Crippen molar-refractivity contribution in [1.82, 2.24) is 19.0 Å². The van der Waals surface area contributed by atoms with Gasteiger partial charge in [-0.1, -0.05) is 11.2 Å². The number of sulfonamides is 1. The first-order valence-electron chi connectivity index (χ1n) is 13.1. The molecule has 40 heavy (non-hydrogen) atoms. The Morgan fingerprint density at radius 2 is 1.93 bits per heavy atom. The van der Waals surface area contributed by atoms with Crippen molar-refractivity contribution in [3.63, 3.8) is 0 Å². The zero-order chi connectivity index (χ0) is 28.3. The van der Waals surface area contributed by atoms with Crippen LogP contribution in [0.4, 0.5) is 10.1 Å². The van der Waals surface area contributed by atoms with E-state index in [-0.39, 0.29) is 24.1 Å². The van der Waals surface area contributed by atoms with Gasteiger partial charge in [0.15, 0.2) is 11.6 Å². The quantitative estimate of drug-likeness (QED) is 0.337. The van der Waals surface area contributed by atoms with Gasteiger partial charge < -0.3 is 18.7 Å². The largest absolute Gasteiger partial charge is 0.494 e. The van der Waals surface area contributed by atoms with E-state index in [1.807, 2.05) is 32.0 Å². The predicted octanol–water partition coefficient (Wildman–Crippen LogP) is 4.53. The van der Waals surface area contributed by atoms with Crippen molar-refractivity contribution in [3.8, 4) is 16.9 Å². The zero-order valence-electron chi connectivity index (χ0n) is 22.7. The number of fused-ring (bicyclic) bond motifs is 1. The molecule has 2 aromatic heterocycles. The summed E-state index contributed by atoms with van der Waals surface area (Å²) in [5.74, 6) is 0.751. The Labute approximate surface area is 231 Å². The molecule has 2 fully saturated rings. The van der Waals surface area contributed by atoms with Crippen LogP contribution in [0.2, 0.25) is 0 Å². The molecule has 10 nitrogen and oxygen atoms in total. The van der Waals surface area contributed by atoms with Crippen molar-refractivity contribution < 1.29 is 26.9 Å². The van der Waals surface area contributed by atoms with E-state index in [9.17, 15) is 17.6 Å². The van der Waals surface area contributed by atoms with Crippen LogP contribution in [-0.4, -0.2) is 59.8 Å². The third-order valence-electron chi connectivity index (χ3n) is 7.92. The predicted molar refractivity (Wildman–Crippen MR) is 147 cm³/mol. The number of anilines is 1. The van der Waals surface area contributed by atoms with Gasteiger partial charge in [0.05, 0.1) is 42.2 Å². The van der Waals surface area contributed by atoms with Crippen LogP contribution in [0, 0.1) is 19.7 Å². The maximum atomic E-state index is 14.7. The SMILES string of the molecule is COc1ccc(N2C(=O)CCC2c2nc3cc(-c4c(C)noc4C)ccc3n2C2CCN(S(C)(=O)=O)C2)cc1F. The van der Waals surface area contributed by atoms with Gasteiger partial charge in [0.1, 0.15) is 11.6 Å². The van der Waals surface area contributed by atoms with E-state index >= 15 is 0 Å². The van der Waals surface area contributed by atoms with Gasteiger partial charge in [-0.3, -0.25) is 4.79 Å². The summed E-state index contributed by atoms with van der Waals surface area (Å²) in [6.45, 7) is 4.45. The van der Waals surface area contributed by atoms with E-state index in [4.69, 9.17) is 14.2 Å². The number of imidazole rings is 1. The number of hydrogen-bond donors (Lipinski definition) is 0. The first kappa shape index (κ1) is 26.5. The summed E-state index contributed by atoms with van der Waals surface area (Å²) >= 11 is 0. The van der Waals surface area contributed by atoms with E-state index in [1.165, 1.54) is 29.8 Å². The van der Waals surface area contributed by atoms with Crippen molar-refractivity contribution >= 4 is 32.7 Å². The second kappa shape index (κ2) is 9.70. The summed E-state index contributed by atoms with van der Waals surface area (Å²) in [6.07, 6.45) is 2.60. The molecule has 0 bridgehead atoms. The topological polar surface area (TPSA) is 111 Å². The van der Waals surface area contributed by atoms with Gasteiger partial charge in [-0.15, -0.1) is 0 Å². The minimum atomic E-state index is -3.37. The Kier molecular flexibility index (Phi) is 6.42. The van der Waals surface area contributed by atoms with Crippen molar-refractivity contribution in [1.29, 1.82) is 0 Å². The third-order valence-corrected chi connectivity index (χ3v) is 9.19. The highest BCUT2D eigenvalue weighted by molar-refractivity contribution is 7.88. The monoisotopic (exact) mass is 567 g/mol. The minimum absolute atomic E-state index is 0.0952. The second-order valence-corrected chi connectivity index (χ2v) is 12.4. The van der Waals surface area contributed by atoms with Gasteiger partial charge in [0, 0.05) is 36.8 Å². The van der Waals surface area contributed by atoms with Gasteiger partial charge in [0.2, 0.25) is 15.9 Å².